The number of hydrogen-bond donors (Lipinski definition) is 1. The summed E-state index contributed by atoms with van der Waals surface area (Å²) in [5.74, 6) is -1.30. The molecule has 1 amide bonds. The van der Waals surface area contributed by atoms with E-state index in [2.05, 4.69) is 5.32 Å². The van der Waals surface area contributed by atoms with Crippen molar-refractivity contribution < 1.29 is 17.6 Å². The monoisotopic (exact) mass is 381 g/mol. The summed E-state index contributed by atoms with van der Waals surface area (Å²) in [7, 11) is -3.82. The fourth-order valence-corrected chi connectivity index (χ4v) is 3.12. The molecule has 2 aromatic carbocycles. The quantitative estimate of drug-likeness (QED) is 0.862. The smallest absolute Gasteiger partial charge is 0.245 e. The fraction of sp³-hybridized carbons (Fsp3) is 0.125. The second-order valence-corrected chi connectivity index (χ2v) is 7.39. The molecule has 2 rings (SSSR count). The molecule has 0 saturated carbocycles. The van der Waals surface area contributed by atoms with Gasteiger partial charge in [0, 0.05) is 5.69 Å². The molecule has 1 N–H and O–H groups in total. The highest BCUT2D eigenvalue weighted by atomic mass is 35.5. The Morgan fingerprint density at radius 1 is 1.32 bits per heavy atom. The van der Waals surface area contributed by atoms with E-state index in [9.17, 15) is 17.6 Å². The van der Waals surface area contributed by atoms with Crippen LogP contribution in [-0.4, -0.2) is 27.1 Å². The van der Waals surface area contributed by atoms with Gasteiger partial charge in [-0.15, -0.1) is 0 Å². The van der Waals surface area contributed by atoms with Gasteiger partial charge in [-0.1, -0.05) is 23.7 Å². The molecule has 0 saturated heterocycles. The predicted octanol–water partition coefficient (Wildman–Crippen LogP) is 2.76. The van der Waals surface area contributed by atoms with Gasteiger partial charge in [0.15, 0.2) is 0 Å². The molecule has 0 heterocycles. The van der Waals surface area contributed by atoms with Gasteiger partial charge in [0.05, 0.1) is 22.5 Å². The maximum absolute atomic E-state index is 13.1. The number of anilines is 2. The van der Waals surface area contributed by atoms with Crippen molar-refractivity contribution in [1.29, 1.82) is 5.26 Å². The highest BCUT2D eigenvalue weighted by Gasteiger charge is 2.23. The third-order valence-electron chi connectivity index (χ3n) is 3.18. The second-order valence-electron chi connectivity index (χ2n) is 5.08. The Morgan fingerprint density at radius 2 is 2.00 bits per heavy atom. The van der Waals surface area contributed by atoms with Crippen LogP contribution in [0.3, 0.4) is 0 Å². The van der Waals surface area contributed by atoms with Gasteiger partial charge in [-0.3, -0.25) is 9.10 Å². The Kier molecular flexibility index (Phi) is 5.62. The number of nitrogens with zero attached hydrogens (tertiary/aromatic N) is 2. The SMILES string of the molecule is CS(=O)(=O)N(CC(=O)Nc1ccc(F)c(Cl)c1)c1ccccc1C#N. The van der Waals surface area contributed by atoms with Gasteiger partial charge < -0.3 is 5.32 Å². The lowest BCUT2D eigenvalue weighted by Gasteiger charge is -2.22. The first-order chi connectivity index (χ1) is 11.7. The van der Waals surface area contributed by atoms with E-state index in [1.165, 1.54) is 24.3 Å². The Bertz CT molecular complexity index is 957. The molecule has 0 aliphatic heterocycles. The Labute approximate surface area is 149 Å². The number of carbonyl (C=O) groups is 1. The Balaban J connectivity index is 2.27. The van der Waals surface area contributed by atoms with Gasteiger partial charge in [0.2, 0.25) is 15.9 Å². The van der Waals surface area contributed by atoms with Crippen molar-refractivity contribution in [2.75, 3.05) is 22.4 Å². The van der Waals surface area contributed by atoms with E-state index in [4.69, 9.17) is 16.9 Å². The highest BCUT2D eigenvalue weighted by Crippen LogP contribution is 2.23. The maximum atomic E-state index is 13.1. The fourth-order valence-electron chi connectivity index (χ4n) is 2.07. The first-order valence-corrected chi connectivity index (χ1v) is 9.16. The minimum atomic E-state index is -3.82. The van der Waals surface area contributed by atoms with Crippen molar-refractivity contribution in [3.8, 4) is 6.07 Å². The summed E-state index contributed by atoms with van der Waals surface area (Å²) >= 11 is 5.64. The van der Waals surface area contributed by atoms with Crippen molar-refractivity contribution in [3.05, 3.63) is 58.9 Å². The minimum absolute atomic E-state index is 0.0970. The van der Waals surface area contributed by atoms with E-state index in [-0.39, 0.29) is 22.0 Å². The van der Waals surface area contributed by atoms with E-state index in [1.54, 1.807) is 12.1 Å². The molecule has 9 heteroatoms. The van der Waals surface area contributed by atoms with Crippen LogP contribution in [0.4, 0.5) is 15.8 Å². The van der Waals surface area contributed by atoms with Gasteiger partial charge in [0.1, 0.15) is 18.4 Å². The molecule has 0 aliphatic carbocycles. The summed E-state index contributed by atoms with van der Waals surface area (Å²) < 4.78 is 38.1. The molecular formula is C16H13ClFN3O3S. The van der Waals surface area contributed by atoms with Gasteiger partial charge >= 0.3 is 0 Å². The van der Waals surface area contributed by atoms with E-state index >= 15 is 0 Å². The van der Waals surface area contributed by atoms with Crippen LogP contribution in [-0.2, 0) is 14.8 Å². The van der Waals surface area contributed by atoms with E-state index in [0.29, 0.717) is 0 Å². The van der Waals surface area contributed by atoms with E-state index in [1.807, 2.05) is 6.07 Å². The predicted molar refractivity (Wildman–Crippen MR) is 93.4 cm³/mol. The largest absolute Gasteiger partial charge is 0.324 e. The van der Waals surface area contributed by atoms with Crippen LogP contribution in [0.1, 0.15) is 5.56 Å². The van der Waals surface area contributed by atoms with Crippen LogP contribution >= 0.6 is 11.6 Å². The molecular weight excluding hydrogens is 369 g/mol. The van der Waals surface area contributed by atoms with Gasteiger partial charge in [-0.05, 0) is 30.3 Å². The number of sulfonamides is 1. The van der Waals surface area contributed by atoms with Crippen molar-refractivity contribution >= 4 is 38.9 Å². The van der Waals surface area contributed by atoms with Gasteiger partial charge in [-0.25, -0.2) is 12.8 Å². The zero-order valence-electron chi connectivity index (χ0n) is 13.0. The zero-order valence-corrected chi connectivity index (χ0v) is 14.6. The lowest BCUT2D eigenvalue weighted by molar-refractivity contribution is -0.114. The summed E-state index contributed by atoms with van der Waals surface area (Å²) in [6, 6.07) is 11.5. The first kappa shape index (κ1) is 18.7. The topological polar surface area (TPSA) is 90.3 Å². The van der Waals surface area contributed by atoms with E-state index in [0.717, 1.165) is 16.6 Å². The van der Waals surface area contributed by atoms with E-state index < -0.39 is 28.3 Å². The number of nitrogens with one attached hydrogen (secondary N) is 1. The molecule has 0 radical (unpaired) electrons. The summed E-state index contributed by atoms with van der Waals surface area (Å²) in [6.07, 6.45) is 0.934. The minimum Gasteiger partial charge on any atom is -0.324 e. The number of hydrogen-bond acceptors (Lipinski definition) is 4. The second kappa shape index (κ2) is 7.51. The number of amides is 1. The number of nitriles is 1. The third-order valence-corrected chi connectivity index (χ3v) is 4.60. The summed E-state index contributed by atoms with van der Waals surface area (Å²) in [5.41, 5.74) is 0.434. The van der Waals surface area contributed by atoms with Crippen LogP contribution in [0.5, 0.6) is 0 Å². The number of para-hydroxylation sites is 1. The van der Waals surface area contributed by atoms with Crippen LogP contribution in [0.25, 0.3) is 0 Å². The molecule has 0 aromatic heterocycles. The standard InChI is InChI=1S/C16H13ClFN3O3S/c1-25(23,24)21(15-5-3-2-4-11(15)9-19)10-16(22)20-12-6-7-14(18)13(17)8-12/h2-8H,10H2,1H3,(H,20,22). The van der Waals surface area contributed by atoms with Gasteiger partial charge in [-0.2, -0.15) is 5.26 Å². The summed E-state index contributed by atoms with van der Waals surface area (Å²) in [5, 5.41) is 11.4. The third kappa shape index (κ3) is 4.68. The first-order valence-electron chi connectivity index (χ1n) is 6.94. The van der Waals surface area contributed by atoms with Crippen molar-refractivity contribution in [2.24, 2.45) is 0 Å². The molecule has 0 fully saturated rings. The molecule has 25 heavy (non-hydrogen) atoms. The van der Waals surface area contributed by atoms with Crippen LogP contribution < -0.4 is 9.62 Å². The van der Waals surface area contributed by atoms with Crippen molar-refractivity contribution in [2.45, 2.75) is 0 Å². The Morgan fingerprint density at radius 3 is 2.60 bits per heavy atom. The molecule has 0 spiro atoms. The van der Waals surface area contributed by atoms with Crippen molar-refractivity contribution in [1.82, 2.24) is 0 Å². The van der Waals surface area contributed by atoms with Gasteiger partial charge in [0.25, 0.3) is 0 Å². The Hall–Kier alpha value is -2.63. The highest BCUT2D eigenvalue weighted by molar-refractivity contribution is 7.92. The summed E-state index contributed by atoms with van der Waals surface area (Å²) in [4.78, 5) is 12.2. The normalized spacial score (nSPS) is 10.8. The average Bonchev–Trinajstić information content (AvgIpc) is 2.55. The average molecular weight is 382 g/mol. The van der Waals surface area contributed by atoms with Crippen LogP contribution in [0.15, 0.2) is 42.5 Å². The summed E-state index contributed by atoms with van der Waals surface area (Å²) in [6.45, 7) is -0.549. The molecule has 130 valence electrons. The molecule has 0 aliphatic rings. The number of rotatable bonds is 5. The van der Waals surface area contributed by atoms with Crippen LogP contribution in [0, 0.1) is 17.1 Å². The number of halogens is 2. The van der Waals surface area contributed by atoms with Crippen molar-refractivity contribution in [3.63, 3.8) is 0 Å². The molecule has 6 nitrogen and oxygen atoms in total. The zero-order chi connectivity index (χ0) is 18.6. The molecule has 0 unspecified atom stereocenters. The number of carbonyl (C=O) groups excluding carboxylic acids is 1. The molecule has 2 aromatic rings. The van der Waals surface area contributed by atoms with Crippen LogP contribution in [0.2, 0.25) is 5.02 Å². The number of benzene rings is 2. The lowest BCUT2D eigenvalue weighted by atomic mass is 10.2. The lowest BCUT2D eigenvalue weighted by Crippen LogP contribution is -2.37. The molecule has 0 bridgehead atoms. The maximum Gasteiger partial charge on any atom is 0.245 e. The molecule has 0 atom stereocenters.